The molecule has 2 aromatic carbocycles. The molecule has 1 aromatic heterocycles. The molecule has 6 rings (SSSR count). The van der Waals surface area contributed by atoms with Gasteiger partial charge in [-0.25, -0.2) is 14.7 Å². The fraction of sp³-hybridized carbons (Fsp3) is 0.387. The van der Waals surface area contributed by atoms with Gasteiger partial charge < -0.3 is 19.3 Å². The van der Waals surface area contributed by atoms with Crippen LogP contribution in [0.3, 0.4) is 0 Å². The summed E-state index contributed by atoms with van der Waals surface area (Å²) in [5.41, 5.74) is -0.860. The molecule has 0 aliphatic carbocycles. The Balaban J connectivity index is 0.000000515. The van der Waals surface area contributed by atoms with Crippen molar-refractivity contribution in [2.45, 2.75) is 49.7 Å². The van der Waals surface area contributed by atoms with Crippen LogP contribution in [0.4, 0.5) is 18.9 Å². The monoisotopic (exact) mass is 645 g/mol. The molecule has 3 aliphatic heterocycles. The number of hydrogen-bond donors (Lipinski definition) is 1. The predicted octanol–water partition coefficient (Wildman–Crippen LogP) is 5.30. The maximum atomic E-state index is 14.2. The van der Waals surface area contributed by atoms with Crippen molar-refractivity contribution in [2.24, 2.45) is 11.8 Å². The molecule has 3 aliphatic rings. The number of anilines is 1. The number of aliphatic carboxylic acids is 1. The van der Waals surface area contributed by atoms with Crippen LogP contribution in [-0.4, -0.2) is 65.1 Å². The second kappa shape index (κ2) is 11.9. The number of methoxy groups -OCH3 is 1. The smallest absolute Gasteiger partial charge is 0.478 e. The summed E-state index contributed by atoms with van der Waals surface area (Å²) in [6.45, 7) is 2.21. The van der Waals surface area contributed by atoms with Gasteiger partial charge in [0.25, 0.3) is 0 Å². The first-order valence-corrected chi connectivity index (χ1v) is 14.3. The number of ether oxygens (including phenoxy) is 3. The number of halogens is 4. The van der Waals surface area contributed by atoms with E-state index in [-0.39, 0.29) is 24.5 Å². The molecular weight excluding hydrogens is 619 g/mol. The molecule has 1 N–H and O–H groups in total. The zero-order valence-electron chi connectivity index (χ0n) is 24.0. The lowest BCUT2D eigenvalue weighted by Gasteiger charge is -2.36. The molecule has 2 amide bonds. The zero-order chi connectivity index (χ0) is 32.7. The van der Waals surface area contributed by atoms with Gasteiger partial charge in [-0.05, 0) is 24.6 Å². The van der Waals surface area contributed by atoms with Crippen LogP contribution in [0.25, 0.3) is 10.8 Å². The third kappa shape index (κ3) is 5.37. The van der Waals surface area contributed by atoms with E-state index in [1.165, 1.54) is 11.1 Å². The van der Waals surface area contributed by atoms with Crippen molar-refractivity contribution in [3.05, 3.63) is 65.3 Å². The number of aromatic nitrogens is 1. The van der Waals surface area contributed by atoms with Crippen LogP contribution in [0.15, 0.2) is 54.7 Å². The van der Waals surface area contributed by atoms with Crippen molar-refractivity contribution in [2.75, 3.05) is 18.6 Å². The van der Waals surface area contributed by atoms with E-state index >= 15 is 0 Å². The van der Waals surface area contributed by atoms with E-state index < -0.39 is 35.2 Å². The van der Waals surface area contributed by atoms with Gasteiger partial charge >= 0.3 is 12.1 Å². The van der Waals surface area contributed by atoms with Gasteiger partial charge in [-0.3, -0.25) is 9.59 Å². The summed E-state index contributed by atoms with van der Waals surface area (Å²) < 4.78 is 50.2. The number of fused-ring (bicyclic) bond motifs is 6. The fourth-order valence-electron chi connectivity index (χ4n) is 6.82. The number of alkyl halides is 3. The Kier molecular flexibility index (Phi) is 8.52. The van der Waals surface area contributed by atoms with Crippen LogP contribution >= 0.6 is 11.6 Å². The van der Waals surface area contributed by atoms with Gasteiger partial charge in [0.2, 0.25) is 17.7 Å². The number of pyridine rings is 1. The van der Waals surface area contributed by atoms with E-state index in [4.69, 9.17) is 35.7 Å². The van der Waals surface area contributed by atoms with E-state index in [9.17, 15) is 28.0 Å². The molecular formula is C31H27ClF3N3O7. The number of rotatable bonds is 7. The van der Waals surface area contributed by atoms with Crippen LogP contribution in [0.5, 0.6) is 5.88 Å². The summed E-state index contributed by atoms with van der Waals surface area (Å²) in [6.07, 6.45) is -2.52. The molecule has 4 heterocycles. The fourth-order valence-corrected chi connectivity index (χ4v) is 6.93. The minimum absolute atomic E-state index is 0.245. The molecule has 3 aromatic rings. The highest BCUT2D eigenvalue weighted by Crippen LogP contribution is 2.64. The molecule has 10 nitrogen and oxygen atoms in total. The van der Waals surface area contributed by atoms with E-state index in [0.29, 0.717) is 52.2 Å². The Labute approximate surface area is 260 Å². The lowest BCUT2D eigenvalue weighted by Crippen LogP contribution is -2.51. The lowest BCUT2D eigenvalue weighted by molar-refractivity contribution is -0.192. The molecule has 1 unspecified atom stereocenters. The molecule has 2 bridgehead atoms. The third-order valence-corrected chi connectivity index (χ3v) is 8.91. The Hall–Kier alpha value is -4.25. The van der Waals surface area contributed by atoms with Gasteiger partial charge in [0, 0.05) is 43.0 Å². The quantitative estimate of drug-likeness (QED) is 0.339. The van der Waals surface area contributed by atoms with Crippen LogP contribution in [0, 0.1) is 23.2 Å². The molecule has 0 radical (unpaired) electrons. The van der Waals surface area contributed by atoms with E-state index in [1.54, 1.807) is 31.4 Å². The highest BCUT2D eigenvalue weighted by atomic mass is 35.5. The Morgan fingerprint density at radius 2 is 1.82 bits per heavy atom. The van der Waals surface area contributed by atoms with E-state index in [0.717, 1.165) is 0 Å². The maximum absolute atomic E-state index is 14.2. The summed E-state index contributed by atoms with van der Waals surface area (Å²) in [4.78, 5) is 42.7. The van der Waals surface area contributed by atoms with E-state index in [1.807, 2.05) is 31.2 Å². The van der Waals surface area contributed by atoms with Crippen molar-refractivity contribution < 1.29 is 46.9 Å². The van der Waals surface area contributed by atoms with Crippen LogP contribution < -0.4 is 9.64 Å². The maximum Gasteiger partial charge on any atom is 0.490 e. The lowest BCUT2D eigenvalue weighted by atomic mass is 9.64. The number of carbonyl (C=O) groups is 3. The second-order valence-corrected chi connectivity index (χ2v) is 11.3. The van der Waals surface area contributed by atoms with Crippen LogP contribution in [-0.2, 0) is 23.9 Å². The number of carboxylic acids is 1. The van der Waals surface area contributed by atoms with Crippen molar-refractivity contribution in [3.8, 4) is 11.9 Å². The summed E-state index contributed by atoms with van der Waals surface area (Å²) in [6, 6.07) is 16.3. The van der Waals surface area contributed by atoms with Crippen LogP contribution in [0.1, 0.15) is 31.7 Å². The second-order valence-electron chi connectivity index (χ2n) is 10.9. The van der Waals surface area contributed by atoms with Gasteiger partial charge in [-0.2, -0.15) is 18.4 Å². The average molecular weight is 646 g/mol. The average Bonchev–Trinajstić information content (AvgIpc) is 3.61. The highest BCUT2D eigenvalue weighted by Gasteiger charge is 2.78. The largest absolute Gasteiger partial charge is 0.490 e. The minimum atomic E-state index is -5.08. The van der Waals surface area contributed by atoms with Crippen molar-refractivity contribution in [1.82, 2.24) is 4.98 Å². The topological polar surface area (TPSA) is 139 Å². The molecule has 236 valence electrons. The predicted molar refractivity (Wildman–Crippen MR) is 153 cm³/mol. The molecule has 3 fully saturated rings. The van der Waals surface area contributed by atoms with Crippen molar-refractivity contribution in [3.63, 3.8) is 0 Å². The number of benzene rings is 2. The van der Waals surface area contributed by atoms with Gasteiger partial charge in [0.1, 0.15) is 5.60 Å². The number of nitriles is 1. The molecule has 5 atom stereocenters. The number of amides is 2. The van der Waals surface area contributed by atoms with Gasteiger partial charge in [-0.1, -0.05) is 42.8 Å². The Morgan fingerprint density at radius 3 is 2.40 bits per heavy atom. The standard InChI is InChI=1S/C29H26ClN3O5.C2HF3O2/c1-3-29-22(36-2)14-28(38-29,12-13-37-23-11-9-18(30)16-32-23)24-25(29)27(35)33(26(24)34)21-10-8-17(15-31)19-6-4-5-7-20(19)21;3-2(4,5)1(6)7/h4-11,16,22,24-25H,3,12-14H2,1-2H3;(H,6,7)/t22?,24-,25+,28-,29+;/m1./s1. The molecule has 45 heavy (non-hydrogen) atoms. The first-order valence-electron chi connectivity index (χ1n) is 13.9. The Morgan fingerprint density at radius 1 is 1.16 bits per heavy atom. The normalized spacial score (nSPS) is 26.8. The van der Waals surface area contributed by atoms with E-state index in [2.05, 4.69) is 11.1 Å². The number of nitrogens with zero attached hydrogens (tertiary/aromatic N) is 3. The van der Waals surface area contributed by atoms with Crippen LogP contribution in [0.2, 0.25) is 5.02 Å². The van der Waals surface area contributed by atoms with Crippen molar-refractivity contribution >= 4 is 45.8 Å². The molecule has 0 spiro atoms. The molecule has 0 saturated carbocycles. The van der Waals surface area contributed by atoms with Gasteiger partial charge in [0.05, 0.1) is 52.5 Å². The summed E-state index contributed by atoms with van der Waals surface area (Å²) in [5.74, 6) is -4.26. The highest BCUT2D eigenvalue weighted by molar-refractivity contribution is 6.30. The minimum Gasteiger partial charge on any atom is -0.478 e. The summed E-state index contributed by atoms with van der Waals surface area (Å²) >= 11 is 5.93. The summed E-state index contributed by atoms with van der Waals surface area (Å²) in [7, 11) is 1.62. The van der Waals surface area contributed by atoms with Gasteiger partial charge in [-0.15, -0.1) is 0 Å². The number of carboxylic acid groups (broad SMARTS) is 1. The van der Waals surface area contributed by atoms with Crippen molar-refractivity contribution in [1.29, 1.82) is 5.26 Å². The zero-order valence-corrected chi connectivity index (χ0v) is 24.8. The number of carbonyl (C=O) groups excluding carboxylic acids is 2. The first-order chi connectivity index (χ1) is 21.3. The first kappa shape index (κ1) is 32.2. The SMILES string of the molecule is CC[C@]12O[C@](CCOc3ccc(Cl)cn3)(CC1OC)[C@H]1C(=O)N(c3ccc(C#N)c4ccccc34)C(=O)[C@H]12.O=C(O)C(F)(F)F. The number of imide groups is 1. The molecule has 3 saturated heterocycles. The Bertz CT molecular complexity index is 1700. The van der Waals surface area contributed by atoms with Gasteiger partial charge in [0.15, 0.2) is 0 Å². The number of hydrogen-bond acceptors (Lipinski definition) is 8. The molecule has 14 heteroatoms. The summed E-state index contributed by atoms with van der Waals surface area (Å²) in [5, 5.41) is 18.6. The third-order valence-electron chi connectivity index (χ3n) is 8.69.